The third-order valence-corrected chi connectivity index (χ3v) is 2.76. The predicted molar refractivity (Wildman–Crippen MR) is 58.0 cm³/mol. The molecule has 0 spiro atoms. The largest absolute Gasteiger partial charge is 0.488 e. The van der Waals surface area contributed by atoms with Gasteiger partial charge in [-0.25, -0.2) is 8.78 Å². The van der Waals surface area contributed by atoms with Crippen LogP contribution in [0.2, 0.25) is 0 Å². The summed E-state index contributed by atoms with van der Waals surface area (Å²) in [5.74, 6) is 0.874. The molecule has 1 aliphatic rings. The van der Waals surface area contributed by atoms with Gasteiger partial charge < -0.3 is 10.1 Å². The van der Waals surface area contributed by atoms with E-state index in [1.807, 2.05) is 24.3 Å². The minimum Gasteiger partial charge on any atom is -0.488 e. The van der Waals surface area contributed by atoms with Crippen molar-refractivity contribution >= 4 is 0 Å². The average Bonchev–Trinajstić information content (AvgIpc) is 2.68. The molecule has 2 rings (SSSR count). The van der Waals surface area contributed by atoms with E-state index in [4.69, 9.17) is 4.74 Å². The molecule has 0 saturated carbocycles. The summed E-state index contributed by atoms with van der Waals surface area (Å²) in [5, 5.41) is 2.78. The van der Waals surface area contributed by atoms with E-state index in [2.05, 4.69) is 5.32 Å². The van der Waals surface area contributed by atoms with E-state index in [1.165, 1.54) is 6.92 Å². The Morgan fingerprint density at radius 2 is 2.19 bits per heavy atom. The van der Waals surface area contributed by atoms with Crippen LogP contribution in [0.5, 0.6) is 5.75 Å². The molecule has 1 aromatic rings. The fourth-order valence-corrected chi connectivity index (χ4v) is 1.77. The normalized spacial score (nSPS) is 20.6. The molecule has 16 heavy (non-hydrogen) atoms. The fourth-order valence-electron chi connectivity index (χ4n) is 1.77. The van der Waals surface area contributed by atoms with Gasteiger partial charge in [0.05, 0.1) is 6.04 Å². The Bertz CT molecular complexity index is 332. The standard InChI is InChI=1S/C12H15F2NO/c1-8(12(13)14)15-7-10-6-9-4-2-3-5-11(9)16-10/h2-5,8,10,12,15H,6-7H2,1H3. The maximum absolute atomic E-state index is 12.3. The monoisotopic (exact) mass is 227 g/mol. The Hall–Kier alpha value is -1.16. The summed E-state index contributed by atoms with van der Waals surface area (Å²) in [7, 11) is 0. The van der Waals surface area contributed by atoms with E-state index in [0.29, 0.717) is 6.54 Å². The van der Waals surface area contributed by atoms with Crippen molar-refractivity contribution in [3.8, 4) is 5.75 Å². The minimum absolute atomic E-state index is 0.0291. The molecule has 0 fully saturated rings. The van der Waals surface area contributed by atoms with Crippen molar-refractivity contribution in [2.24, 2.45) is 0 Å². The van der Waals surface area contributed by atoms with E-state index >= 15 is 0 Å². The third kappa shape index (κ3) is 2.50. The Balaban J connectivity index is 1.83. The second-order valence-electron chi connectivity index (χ2n) is 4.08. The van der Waals surface area contributed by atoms with Crippen LogP contribution in [0, 0.1) is 0 Å². The maximum Gasteiger partial charge on any atom is 0.253 e. The quantitative estimate of drug-likeness (QED) is 0.851. The second-order valence-corrected chi connectivity index (χ2v) is 4.08. The molecule has 0 aliphatic carbocycles. The second kappa shape index (κ2) is 4.78. The summed E-state index contributed by atoms with van der Waals surface area (Å²) in [5.41, 5.74) is 1.15. The number of halogens is 2. The van der Waals surface area contributed by atoms with E-state index < -0.39 is 12.5 Å². The van der Waals surface area contributed by atoms with Gasteiger partial charge in [-0.05, 0) is 18.6 Å². The molecule has 4 heteroatoms. The van der Waals surface area contributed by atoms with Gasteiger partial charge in [0.25, 0.3) is 6.43 Å². The molecule has 0 saturated heterocycles. The molecule has 0 bridgehead atoms. The molecule has 2 atom stereocenters. The molecule has 0 amide bonds. The van der Waals surface area contributed by atoms with Gasteiger partial charge in [0, 0.05) is 13.0 Å². The summed E-state index contributed by atoms with van der Waals surface area (Å²) in [4.78, 5) is 0. The van der Waals surface area contributed by atoms with Crippen LogP contribution in [0.3, 0.4) is 0 Å². The van der Waals surface area contributed by atoms with Crippen molar-refractivity contribution in [3.05, 3.63) is 29.8 Å². The topological polar surface area (TPSA) is 21.3 Å². The Labute approximate surface area is 93.6 Å². The molecule has 1 heterocycles. The Morgan fingerprint density at radius 1 is 1.44 bits per heavy atom. The molecular formula is C12H15F2NO. The zero-order valence-electron chi connectivity index (χ0n) is 9.12. The minimum atomic E-state index is -2.33. The number of para-hydroxylation sites is 1. The number of ether oxygens (including phenoxy) is 1. The van der Waals surface area contributed by atoms with Crippen LogP contribution in [0.4, 0.5) is 8.78 Å². The van der Waals surface area contributed by atoms with Gasteiger partial charge in [0.1, 0.15) is 11.9 Å². The lowest BCUT2D eigenvalue weighted by atomic mass is 10.1. The van der Waals surface area contributed by atoms with Gasteiger partial charge >= 0.3 is 0 Å². The molecule has 2 unspecified atom stereocenters. The fraction of sp³-hybridized carbons (Fsp3) is 0.500. The van der Waals surface area contributed by atoms with Gasteiger partial charge in [0.2, 0.25) is 0 Å². The highest BCUT2D eigenvalue weighted by Crippen LogP contribution is 2.27. The lowest BCUT2D eigenvalue weighted by Gasteiger charge is -2.16. The molecule has 1 aromatic carbocycles. The highest BCUT2D eigenvalue weighted by atomic mass is 19.3. The van der Waals surface area contributed by atoms with Crippen molar-refractivity contribution in [1.82, 2.24) is 5.32 Å². The summed E-state index contributed by atoms with van der Waals surface area (Å²) < 4.78 is 30.2. The lowest BCUT2D eigenvalue weighted by molar-refractivity contribution is 0.0990. The molecule has 1 N–H and O–H groups in total. The number of hydrogen-bond acceptors (Lipinski definition) is 2. The van der Waals surface area contributed by atoms with Gasteiger partial charge in [0.15, 0.2) is 0 Å². The summed E-state index contributed by atoms with van der Waals surface area (Å²) in [6.45, 7) is 1.94. The number of rotatable bonds is 4. The van der Waals surface area contributed by atoms with Crippen LogP contribution in [-0.2, 0) is 6.42 Å². The van der Waals surface area contributed by atoms with Crippen LogP contribution in [-0.4, -0.2) is 25.1 Å². The van der Waals surface area contributed by atoms with Crippen molar-refractivity contribution < 1.29 is 13.5 Å². The number of nitrogens with one attached hydrogen (secondary N) is 1. The summed E-state index contributed by atoms with van der Waals surface area (Å²) in [6.07, 6.45) is -1.57. The van der Waals surface area contributed by atoms with Gasteiger partial charge in [-0.3, -0.25) is 0 Å². The molecule has 0 aromatic heterocycles. The van der Waals surface area contributed by atoms with Gasteiger partial charge in [-0.15, -0.1) is 0 Å². The average molecular weight is 227 g/mol. The molecule has 88 valence electrons. The SMILES string of the molecule is CC(NCC1Cc2ccccc2O1)C(F)F. The van der Waals surface area contributed by atoms with Crippen LogP contribution >= 0.6 is 0 Å². The highest BCUT2D eigenvalue weighted by Gasteiger charge is 2.23. The van der Waals surface area contributed by atoms with Crippen LogP contribution in [0.15, 0.2) is 24.3 Å². The first-order chi connectivity index (χ1) is 7.66. The summed E-state index contributed by atoms with van der Waals surface area (Å²) in [6, 6.07) is 7.00. The zero-order chi connectivity index (χ0) is 11.5. The van der Waals surface area contributed by atoms with Crippen LogP contribution in [0.25, 0.3) is 0 Å². The molecular weight excluding hydrogens is 212 g/mol. The summed E-state index contributed by atoms with van der Waals surface area (Å²) >= 11 is 0. The van der Waals surface area contributed by atoms with Crippen molar-refractivity contribution in [1.29, 1.82) is 0 Å². The zero-order valence-corrected chi connectivity index (χ0v) is 9.12. The van der Waals surface area contributed by atoms with Crippen molar-refractivity contribution in [2.75, 3.05) is 6.54 Å². The first kappa shape index (κ1) is 11.3. The van der Waals surface area contributed by atoms with E-state index in [-0.39, 0.29) is 6.10 Å². The number of alkyl halides is 2. The van der Waals surface area contributed by atoms with Crippen molar-refractivity contribution in [3.63, 3.8) is 0 Å². The Morgan fingerprint density at radius 3 is 2.88 bits per heavy atom. The van der Waals surface area contributed by atoms with Crippen LogP contribution in [0.1, 0.15) is 12.5 Å². The van der Waals surface area contributed by atoms with Crippen molar-refractivity contribution in [2.45, 2.75) is 31.9 Å². The highest BCUT2D eigenvalue weighted by molar-refractivity contribution is 5.37. The maximum atomic E-state index is 12.3. The van der Waals surface area contributed by atoms with Gasteiger partial charge in [-0.1, -0.05) is 18.2 Å². The van der Waals surface area contributed by atoms with E-state index in [9.17, 15) is 8.78 Å². The van der Waals surface area contributed by atoms with E-state index in [1.54, 1.807) is 0 Å². The first-order valence-electron chi connectivity index (χ1n) is 5.43. The first-order valence-corrected chi connectivity index (χ1v) is 5.43. The Kier molecular flexibility index (Phi) is 3.39. The number of hydrogen-bond donors (Lipinski definition) is 1. The number of benzene rings is 1. The number of fused-ring (bicyclic) bond motifs is 1. The smallest absolute Gasteiger partial charge is 0.253 e. The van der Waals surface area contributed by atoms with E-state index in [0.717, 1.165) is 17.7 Å². The lowest BCUT2D eigenvalue weighted by Crippen LogP contribution is -2.39. The van der Waals surface area contributed by atoms with Gasteiger partial charge in [-0.2, -0.15) is 0 Å². The third-order valence-electron chi connectivity index (χ3n) is 2.76. The molecule has 2 nitrogen and oxygen atoms in total. The van der Waals surface area contributed by atoms with Crippen LogP contribution < -0.4 is 10.1 Å². The molecule has 0 radical (unpaired) electrons. The predicted octanol–water partition coefficient (Wildman–Crippen LogP) is 2.23. The molecule has 1 aliphatic heterocycles.